The minimum Gasteiger partial charge on any atom is -0.271 e. The molecule has 0 aliphatic carbocycles. The summed E-state index contributed by atoms with van der Waals surface area (Å²) in [5, 5.41) is 0. The molecule has 0 unspecified atom stereocenters. The Labute approximate surface area is 62.9 Å². The van der Waals surface area contributed by atoms with Gasteiger partial charge in [-0.15, -0.1) is 12.4 Å². The maximum Gasteiger partial charge on any atom is 0.0100 e. The summed E-state index contributed by atoms with van der Waals surface area (Å²) in [6, 6.07) is 0. The summed E-state index contributed by atoms with van der Waals surface area (Å²) in [7, 11) is 0. The molecule has 0 heterocycles. The number of hydrogen-bond acceptors (Lipinski definition) is 2. The quantitative estimate of drug-likeness (QED) is 0.274. The number of hydrogen-bond donors (Lipinski definition) is 2. The molecule has 0 aromatic rings. The minimum atomic E-state index is 0. The van der Waals surface area contributed by atoms with E-state index in [1.165, 1.54) is 0 Å². The molecule has 9 heavy (non-hydrogen) atoms. The second-order valence-corrected chi connectivity index (χ2v) is 1.67. The molecule has 0 aromatic carbocycles. The van der Waals surface area contributed by atoms with E-state index in [-0.39, 0.29) is 12.4 Å². The van der Waals surface area contributed by atoms with Crippen molar-refractivity contribution in [1.82, 2.24) is 5.43 Å². The third kappa shape index (κ3) is 11.5. The molecule has 3 heteroatoms. The van der Waals surface area contributed by atoms with Crippen molar-refractivity contribution in [1.29, 1.82) is 0 Å². The van der Waals surface area contributed by atoms with Crippen LogP contribution in [0.25, 0.3) is 0 Å². The highest BCUT2D eigenvalue weighted by Gasteiger charge is 1.77. The Morgan fingerprint density at radius 1 is 1.56 bits per heavy atom. The maximum absolute atomic E-state index is 5.04. The van der Waals surface area contributed by atoms with Gasteiger partial charge in [-0.1, -0.05) is 12.2 Å². The zero-order valence-electron chi connectivity index (χ0n) is 5.76. The minimum absolute atomic E-state index is 0. The van der Waals surface area contributed by atoms with Gasteiger partial charge in [-0.3, -0.25) is 11.3 Å². The lowest BCUT2D eigenvalue weighted by molar-refractivity contribution is 0.687. The summed E-state index contributed by atoms with van der Waals surface area (Å²) in [6.45, 7) is 2.93. The molecule has 56 valence electrons. The first-order valence-corrected chi connectivity index (χ1v) is 2.96. The van der Waals surface area contributed by atoms with E-state index in [0.29, 0.717) is 0 Å². The number of nitrogens with one attached hydrogen (secondary N) is 1. The molecule has 0 aliphatic rings. The van der Waals surface area contributed by atoms with Gasteiger partial charge in [-0.2, -0.15) is 0 Å². The van der Waals surface area contributed by atoms with Crippen LogP contribution in [-0.4, -0.2) is 6.54 Å². The van der Waals surface area contributed by atoms with Crippen molar-refractivity contribution in [3.05, 3.63) is 12.2 Å². The van der Waals surface area contributed by atoms with Gasteiger partial charge in [0.05, 0.1) is 0 Å². The number of halogens is 1. The molecule has 0 atom stereocenters. The van der Waals surface area contributed by atoms with E-state index in [1.54, 1.807) is 0 Å². The van der Waals surface area contributed by atoms with Crippen LogP contribution in [0, 0.1) is 0 Å². The second-order valence-electron chi connectivity index (χ2n) is 1.67. The first-order valence-electron chi connectivity index (χ1n) is 2.96. The number of unbranched alkanes of at least 4 members (excludes halogenated alkanes) is 1. The van der Waals surface area contributed by atoms with Gasteiger partial charge in [0.15, 0.2) is 0 Å². The lowest BCUT2D eigenvalue weighted by Crippen LogP contribution is -2.22. The van der Waals surface area contributed by atoms with E-state index in [2.05, 4.69) is 17.6 Å². The summed E-state index contributed by atoms with van der Waals surface area (Å²) in [4.78, 5) is 0. The van der Waals surface area contributed by atoms with E-state index < -0.39 is 0 Å². The van der Waals surface area contributed by atoms with Gasteiger partial charge in [0.2, 0.25) is 0 Å². The van der Waals surface area contributed by atoms with Gasteiger partial charge >= 0.3 is 0 Å². The van der Waals surface area contributed by atoms with Gasteiger partial charge in [-0.25, -0.2) is 0 Å². The van der Waals surface area contributed by atoms with Gasteiger partial charge in [0.1, 0.15) is 0 Å². The molecule has 0 fully saturated rings. The topological polar surface area (TPSA) is 38.0 Å². The molecule has 3 N–H and O–H groups in total. The zero-order valence-corrected chi connectivity index (χ0v) is 6.58. The molecule has 0 amide bonds. The molecular weight excluding hydrogens is 136 g/mol. The lowest BCUT2D eigenvalue weighted by atomic mass is 10.3. The SMILES string of the molecule is CC=CCCCNN.Cl. The fourth-order valence-electron chi connectivity index (χ4n) is 0.489. The van der Waals surface area contributed by atoms with Crippen molar-refractivity contribution in [3.8, 4) is 0 Å². The Hall–Kier alpha value is -0.0500. The second kappa shape index (κ2) is 10.8. The van der Waals surface area contributed by atoms with E-state index >= 15 is 0 Å². The molecule has 0 spiro atoms. The van der Waals surface area contributed by atoms with Gasteiger partial charge in [0.25, 0.3) is 0 Å². The predicted molar refractivity (Wildman–Crippen MR) is 43.5 cm³/mol. The Balaban J connectivity index is 0. The van der Waals surface area contributed by atoms with Crippen LogP contribution in [0.2, 0.25) is 0 Å². The summed E-state index contributed by atoms with van der Waals surface area (Å²) in [6.07, 6.45) is 6.44. The van der Waals surface area contributed by atoms with E-state index in [0.717, 1.165) is 19.4 Å². The normalized spacial score (nSPS) is 9.56. The van der Waals surface area contributed by atoms with Crippen molar-refractivity contribution in [2.45, 2.75) is 19.8 Å². The highest BCUT2D eigenvalue weighted by molar-refractivity contribution is 5.85. The summed E-state index contributed by atoms with van der Waals surface area (Å²) >= 11 is 0. The highest BCUT2D eigenvalue weighted by Crippen LogP contribution is 1.86. The van der Waals surface area contributed by atoms with Crippen molar-refractivity contribution in [2.24, 2.45) is 5.84 Å². The van der Waals surface area contributed by atoms with E-state index in [1.807, 2.05) is 6.92 Å². The molecule has 0 saturated carbocycles. The molecule has 0 aromatic heterocycles. The van der Waals surface area contributed by atoms with Crippen molar-refractivity contribution in [2.75, 3.05) is 6.54 Å². The summed E-state index contributed by atoms with van der Waals surface area (Å²) in [5.41, 5.74) is 2.59. The van der Waals surface area contributed by atoms with Crippen LogP contribution in [0.1, 0.15) is 19.8 Å². The van der Waals surface area contributed by atoms with E-state index in [9.17, 15) is 0 Å². The van der Waals surface area contributed by atoms with E-state index in [4.69, 9.17) is 5.84 Å². The Kier molecular flexibility index (Phi) is 14.1. The van der Waals surface area contributed by atoms with Crippen LogP contribution in [0.3, 0.4) is 0 Å². The number of hydrazine groups is 1. The predicted octanol–water partition coefficient (Wildman–Crippen LogP) is 1.23. The first kappa shape index (κ1) is 11.7. The molecule has 0 rings (SSSR count). The molecule has 2 nitrogen and oxygen atoms in total. The monoisotopic (exact) mass is 150 g/mol. The smallest absolute Gasteiger partial charge is 0.0100 e. The van der Waals surface area contributed by atoms with Crippen LogP contribution in [0.4, 0.5) is 0 Å². The fraction of sp³-hybridized carbons (Fsp3) is 0.667. The zero-order chi connectivity index (χ0) is 6.24. The molecule has 0 aliphatic heterocycles. The van der Waals surface area contributed by atoms with Gasteiger partial charge in [-0.05, 0) is 19.8 Å². The third-order valence-electron chi connectivity index (χ3n) is 0.928. The average Bonchev–Trinajstić information content (AvgIpc) is 1.81. The van der Waals surface area contributed by atoms with Gasteiger partial charge < -0.3 is 0 Å². The largest absolute Gasteiger partial charge is 0.271 e. The first-order chi connectivity index (χ1) is 3.91. The lowest BCUT2D eigenvalue weighted by Gasteiger charge is -1.91. The molecule has 0 bridgehead atoms. The maximum atomic E-state index is 5.04. The summed E-state index contributed by atoms with van der Waals surface area (Å²) < 4.78 is 0. The summed E-state index contributed by atoms with van der Waals surface area (Å²) in [5.74, 6) is 5.04. The van der Waals surface area contributed by atoms with Crippen molar-refractivity contribution < 1.29 is 0 Å². The average molecular weight is 151 g/mol. The Bertz CT molecular complexity index is 64.1. The van der Waals surface area contributed by atoms with Crippen LogP contribution in [-0.2, 0) is 0 Å². The van der Waals surface area contributed by atoms with Crippen molar-refractivity contribution >= 4 is 12.4 Å². The number of rotatable bonds is 4. The standard InChI is InChI=1S/C6H14N2.ClH/c1-2-3-4-5-6-8-7;/h2-3,8H,4-7H2,1H3;1H. The van der Waals surface area contributed by atoms with Crippen molar-refractivity contribution in [3.63, 3.8) is 0 Å². The third-order valence-corrected chi connectivity index (χ3v) is 0.928. The molecule has 0 saturated heterocycles. The van der Waals surface area contributed by atoms with Crippen LogP contribution >= 0.6 is 12.4 Å². The number of allylic oxidation sites excluding steroid dienone is 2. The fourth-order valence-corrected chi connectivity index (χ4v) is 0.489. The van der Waals surface area contributed by atoms with Crippen LogP contribution in [0.15, 0.2) is 12.2 Å². The van der Waals surface area contributed by atoms with Crippen LogP contribution in [0.5, 0.6) is 0 Å². The Morgan fingerprint density at radius 3 is 2.67 bits per heavy atom. The Morgan fingerprint density at radius 2 is 2.22 bits per heavy atom. The van der Waals surface area contributed by atoms with Gasteiger partial charge in [0, 0.05) is 6.54 Å². The van der Waals surface area contributed by atoms with Crippen LogP contribution < -0.4 is 11.3 Å². The molecule has 0 radical (unpaired) electrons. The highest BCUT2D eigenvalue weighted by atomic mass is 35.5. The number of nitrogens with two attached hydrogens (primary N) is 1. The molecular formula is C6H15ClN2.